The monoisotopic (exact) mass is 356 g/mol. The summed E-state index contributed by atoms with van der Waals surface area (Å²) in [5, 5.41) is 4.50. The Morgan fingerprint density at radius 1 is 1.38 bits per heavy atom. The molecule has 2 rings (SSSR count). The van der Waals surface area contributed by atoms with Gasteiger partial charge in [0.05, 0.1) is 5.56 Å². The molecular weight excluding hydrogens is 331 g/mol. The summed E-state index contributed by atoms with van der Waals surface area (Å²) < 4.78 is 19.6. The molecule has 0 bridgehead atoms. The fourth-order valence-electron chi connectivity index (χ4n) is 2.86. The summed E-state index contributed by atoms with van der Waals surface area (Å²) >= 11 is 0. The van der Waals surface area contributed by atoms with Crippen molar-refractivity contribution in [3.63, 3.8) is 0 Å². The highest BCUT2D eigenvalue weighted by molar-refractivity contribution is 5.93. The summed E-state index contributed by atoms with van der Waals surface area (Å²) in [6.45, 7) is 5.41. The van der Waals surface area contributed by atoms with Crippen LogP contribution in [0.1, 0.15) is 37.3 Å². The lowest BCUT2D eigenvalue weighted by Crippen LogP contribution is -2.31. The van der Waals surface area contributed by atoms with E-state index in [1.54, 1.807) is 25.2 Å². The summed E-state index contributed by atoms with van der Waals surface area (Å²) in [7, 11) is 3.57. The molecular formula is C21H25FN2O2. The van der Waals surface area contributed by atoms with Gasteiger partial charge in [0, 0.05) is 19.0 Å². The molecule has 5 heteroatoms. The number of hydrogen-bond donors (Lipinski definition) is 1. The van der Waals surface area contributed by atoms with Gasteiger partial charge in [-0.25, -0.2) is 9.18 Å². The summed E-state index contributed by atoms with van der Waals surface area (Å²) in [4.78, 5) is 13.8. The molecule has 2 aromatic carbocycles. The first kappa shape index (κ1) is 19.7. The second kappa shape index (κ2) is 8.68. The van der Waals surface area contributed by atoms with Gasteiger partial charge in [-0.15, -0.1) is 6.42 Å². The molecule has 0 heterocycles. The maximum absolute atomic E-state index is 14.1. The van der Waals surface area contributed by atoms with E-state index in [4.69, 9.17) is 11.2 Å². The minimum Gasteiger partial charge on any atom is -0.410 e. The number of amides is 1. The molecule has 26 heavy (non-hydrogen) atoms. The van der Waals surface area contributed by atoms with Crippen LogP contribution < -0.4 is 10.1 Å². The number of hydrogen-bond acceptors (Lipinski definition) is 3. The molecule has 0 radical (unpaired) electrons. The van der Waals surface area contributed by atoms with Crippen LogP contribution in [0.4, 0.5) is 9.18 Å². The Labute approximate surface area is 154 Å². The molecule has 0 atom stereocenters. The number of nitrogens with one attached hydrogen (secondary N) is 1. The number of nitrogens with zero attached hydrogens (tertiary/aromatic N) is 1. The van der Waals surface area contributed by atoms with Gasteiger partial charge in [-0.3, -0.25) is 0 Å². The van der Waals surface area contributed by atoms with E-state index in [9.17, 15) is 9.18 Å². The zero-order chi connectivity index (χ0) is 19.3. The highest BCUT2D eigenvalue weighted by Gasteiger charge is 2.17. The van der Waals surface area contributed by atoms with Crippen molar-refractivity contribution in [3.8, 4) is 18.1 Å². The average Bonchev–Trinajstić information content (AvgIpc) is 2.61. The summed E-state index contributed by atoms with van der Waals surface area (Å²) in [5.41, 5.74) is 1.10. The van der Waals surface area contributed by atoms with Crippen LogP contribution in [0.25, 0.3) is 10.8 Å². The van der Waals surface area contributed by atoms with Crippen LogP contribution in [0.5, 0.6) is 5.75 Å². The lowest BCUT2D eigenvalue weighted by molar-refractivity contribution is 0.162. The fourth-order valence-corrected chi connectivity index (χ4v) is 2.86. The standard InChI is InChI=1S/C21H25FN2O2/c1-6-17-19(22)9-8-15-12-16(13-18(14(2)3)20(15)17)26-21(25)24(5)11-7-10-23-4/h1,8-9,12-14,23H,7,10-11H2,2-5H3. The second-order valence-corrected chi connectivity index (χ2v) is 6.58. The van der Waals surface area contributed by atoms with E-state index in [0.29, 0.717) is 17.7 Å². The highest BCUT2D eigenvalue weighted by atomic mass is 19.1. The average molecular weight is 356 g/mol. The van der Waals surface area contributed by atoms with E-state index in [0.717, 1.165) is 23.9 Å². The third-order valence-electron chi connectivity index (χ3n) is 4.27. The van der Waals surface area contributed by atoms with Crippen molar-refractivity contribution < 1.29 is 13.9 Å². The van der Waals surface area contributed by atoms with Gasteiger partial charge in [0.25, 0.3) is 0 Å². The van der Waals surface area contributed by atoms with Crippen molar-refractivity contribution in [2.24, 2.45) is 0 Å². The Hall–Kier alpha value is -2.58. The van der Waals surface area contributed by atoms with E-state index in [1.165, 1.54) is 11.0 Å². The number of fused-ring (bicyclic) bond motifs is 1. The molecule has 1 N–H and O–H groups in total. The van der Waals surface area contributed by atoms with Gasteiger partial charge in [-0.1, -0.05) is 25.8 Å². The predicted octanol–water partition coefficient (Wildman–Crippen LogP) is 4.12. The third kappa shape index (κ3) is 4.33. The molecule has 0 saturated carbocycles. The van der Waals surface area contributed by atoms with Gasteiger partial charge in [0.2, 0.25) is 0 Å². The quantitative estimate of drug-likeness (QED) is 0.625. The van der Waals surface area contributed by atoms with E-state index < -0.39 is 11.9 Å². The largest absolute Gasteiger partial charge is 0.414 e. The van der Waals surface area contributed by atoms with Gasteiger partial charge in [0.1, 0.15) is 11.6 Å². The Kier molecular flexibility index (Phi) is 6.59. The maximum atomic E-state index is 14.1. The first-order chi connectivity index (χ1) is 12.4. The van der Waals surface area contributed by atoms with Gasteiger partial charge >= 0.3 is 6.09 Å². The fraction of sp³-hybridized carbons (Fsp3) is 0.381. The number of benzene rings is 2. The normalized spacial score (nSPS) is 10.8. The topological polar surface area (TPSA) is 41.6 Å². The third-order valence-corrected chi connectivity index (χ3v) is 4.27. The number of halogens is 1. The van der Waals surface area contributed by atoms with Crippen LogP contribution in [0.2, 0.25) is 0 Å². The van der Waals surface area contributed by atoms with Crippen molar-refractivity contribution in [1.29, 1.82) is 0 Å². The van der Waals surface area contributed by atoms with Crippen LogP contribution in [0.15, 0.2) is 24.3 Å². The minimum absolute atomic E-state index is 0.0958. The predicted molar refractivity (Wildman–Crippen MR) is 103 cm³/mol. The zero-order valence-corrected chi connectivity index (χ0v) is 15.7. The minimum atomic E-state index is -0.422. The van der Waals surface area contributed by atoms with Crippen LogP contribution in [-0.2, 0) is 0 Å². The Balaban J connectivity index is 2.37. The smallest absolute Gasteiger partial charge is 0.410 e. The molecule has 0 aliphatic rings. The Bertz CT molecular complexity index is 840. The number of terminal acetylenes is 1. The first-order valence-corrected chi connectivity index (χ1v) is 8.69. The molecule has 2 aromatic rings. The molecule has 0 fully saturated rings. The molecule has 0 aromatic heterocycles. The van der Waals surface area contributed by atoms with E-state index in [-0.39, 0.29) is 11.5 Å². The first-order valence-electron chi connectivity index (χ1n) is 8.69. The lowest BCUT2D eigenvalue weighted by atomic mass is 9.92. The van der Waals surface area contributed by atoms with Gasteiger partial charge in [0.15, 0.2) is 0 Å². The van der Waals surface area contributed by atoms with Gasteiger partial charge in [-0.2, -0.15) is 0 Å². The number of carbonyl (C=O) groups excluding carboxylic acids is 1. The van der Waals surface area contributed by atoms with Crippen LogP contribution in [0, 0.1) is 18.2 Å². The van der Waals surface area contributed by atoms with Crippen LogP contribution in [-0.4, -0.2) is 38.2 Å². The number of carbonyl (C=O) groups is 1. The Morgan fingerprint density at radius 3 is 2.73 bits per heavy atom. The van der Waals surface area contributed by atoms with Crippen LogP contribution in [0.3, 0.4) is 0 Å². The SMILES string of the molecule is C#Cc1c(F)ccc2cc(OC(=O)N(C)CCCNC)cc(C(C)C)c12. The second-order valence-electron chi connectivity index (χ2n) is 6.58. The molecule has 0 unspecified atom stereocenters. The molecule has 138 valence electrons. The maximum Gasteiger partial charge on any atom is 0.414 e. The summed E-state index contributed by atoms with van der Waals surface area (Å²) in [5.74, 6) is 2.55. The van der Waals surface area contributed by atoms with E-state index in [2.05, 4.69) is 11.2 Å². The van der Waals surface area contributed by atoms with Crippen LogP contribution >= 0.6 is 0 Å². The van der Waals surface area contributed by atoms with Crippen molar-refractivity contribution in [2.45, 2.75) is 26.2 Å². The van der Waals surface area contributed by atoms with Gasteiger partial charge < -0.3 is 15.0 Å². The molecule has 1 amide bonds. The van der Waals surface area contributed by atoms with Crippen molar-refractivity contribution in [1.82, 2.24) is 10.2 Å². The summed E-state index contributed by atoms with van der Waals surface area (Å²) in [6.07, 6.45) is 5.93. The van der Waals surface area contributed by atoms with Crippen molar-refractivity contribution in [3.05, 3.63) is 41.2 Å². The zero-order valence-electron chi connectivity index (χ0n) is 15.7. The molecule has 0 spiro atoms. The summed E-state index contributed by atoms with van der Waals surface area (Å²) in [6, 6.07) is 6.50. The van der Waals surface area contributed by atoms with Crippen molar-refractivity contribution >= 4 is 16.9 Å². The molecule has 0 aliphatic heterocycles. The number of ether oxygens (including phenoxy) is 1. The van der Waals surface area contributed by atoms with Gasteiger partial charge in [-0.05, 0) is 55.1 Å². The van der Waals surface area contributed by atoms with Crippen molar-refractivity contribution in [2.75, 3.05) is 27.2 Å². The molecule has 0 aliphatic carbocycles. The number of rotatable bonds is 6. The lowest BCUT2D eigenvalue weighted by Gasteiger charge is -2.19. The van der Waals surface area contributed by atoms with E-state index in [1.807, 2.05) is 20.9 Å². The Morgan fingerprint density at radius 2 is 2.12 bits per heavy atom. The molecule has 0 saturated heterocycles. The van der Waals surface area contributed by atoms with E-state index >= 15 is 0 Å². The highest BCUT2D eigenvalue weighted by Crippen LogP contribution is 2.33. The molecule has 4 nitrogen and oxygen atoms in total.